The molecule has 0 aliphatic carbocycles. The van der Waals surface area contributed by atoms with Crippen LogP contribution in [0.25, 0.3) is 0 Å². The molecule has 0 amide bonds. The lowest BCUT2D eigenvalue weighted by atomic mass is 9.94. The summed E-state index contributed by atoms with van der Waals surface area (Å²) in [6, 6.07) is 4.63. The van der Waals surface area contributed by atoms with Crippen LogP contribution in [0.15, 0.2) is 15.9 Å². The number of likely N-dealkylation sites (N-methyl/N-ethyl adjacent to an activating group) is 1. The molecular weight excluding hydrogens is 298 g/mol. The summed E-state index contributed by atoms with van der Waals surface area (Å²) in [5.74, 6) is 0. The van der Waals surface area contributed by atoms with Crippen molar-refractivity contribution in [3.63, 3.8) is 0 Å². The minimum atomic E-state index is -0.138. The van der Waals surface area contributed by atoms with E-state index in [1.54, 1.807) is 11.3 Å². The van der Waals surface area contributed by atoms with Gasteiger partial charge < -0.3 is 10.1 Å². The average Bonchev–Trinajstić information content (AvgIpc) is 2.63. The first-order valence-electron chi connectivity index (χ1n) is 6.11. The van der Waals surface area contributed by atoms with Gasteiger partial charge in [0.2, 0.25) is 0 Å². The van der Waals surface area contributed by atoms with E-state index in [9.17, 15) is 0 Å². The van der Waals surface area contributed by atoms with E-state index in [1.807, 2.05) is 6.92 Å². The van der Waals surface area contributed by atoms with Gasteiger partial charge in [0.1, 0.15) is 0 Å². The van der Waals surface area contributed by atoms with Crippen molar-refractivity contribution in [3.8, 4) is 0 Å². The molecule has 0 aliphatic heterocycles. The van der Waals surface area contributed by atoms with Gasteiger partial charge in [-0.2, -0.15) is 0 Å². The summed E-state index contributed by atoms with van der Waals surface area (Å²) in [5, 5.41) is 3.53. The van der Waals surface area contributed by atoms with Crippen molar-refractivity contribution < 1.29 is 4.74 Å². The number of thiophene rings is 1. The highest BCUT2D eigenvalue weighted by molar-refractivity contribution is 9.11. The molecule has 2 nitrogen and oxygen atoms in total. The van der Waals surface area contributed by atoms with Gasteiger partial charge in [-0.25, -0.2) is 0 Å². The molecule has 0 aliphatic rings. The number of nitrogens with one attached hydrogen (secondary N) is 1. The molecule has 1 atom stereocenters. The van der Waals surface area contributed by atoms with E-state index in [0.717, 1.165) is 19.6 Å². The number of rotatable bonds is 7. The van der Waals surface area contributed by atoms with E-state index in [1.165, 1.54) is 8.66 Å². The Morgan fingerprint density at radius 1 is 1.41 bits per heavy atom. The van der Waals surface area contributed by atoms with Crippen LogP contribution in [-0.4, -0.2) is 24.8 Å². The van der Waals surface area contributed by atoms with Gasteiger partial charge in [-0.15, -0.1) is 11.3 Å². The lowest BCUT2D eigenvalue weighted by Crippen LogP contribution is -2.49. The topological polar surface area (TPSA) is 21.3 Å². The zero-order valence-electron chi connectivity index (χ0n) is 11.0. The molecule has 0 fully saturated rings. The maximum absolute atomic E-state index is 5.85. The van der Waals surface area contributed by atoms with Crippen LogP contribution in [0.1, 0.15) is 32.6 Å². The molecule has 0 bridgehead atoms. The second-order valence-corrected chi connectivity index (χ2v) is 7.10. The molecular formula is C13H22BrNOS. The highest BCUT2D eigenvalue weighted by Gasteiger charge is 2.29. The number of hydrogen-bond donors (Lipinski definition) is 1. The zero-order valence-corrected chi connectivity index (χ0v) is 13.5. The van der Waals surface area contributed by atoms with E-state index in [4.69, 9.17) is 4.74 Å². The van der Waals surface area contributed by atoms with Crippen LogP contribution in [0.5, 0.6) is 0 Å². The molecule has 1 heterocycles. The van der Waals surface area contributed by atoms with E-state index >= 15 is 0 Å². The third-order valence-electron chi connectivity index (χ3n) is 2.84. The van der Waals surface area contributed by atoms with Crippen molar-refractivity contribution >= 4 is 27.3 Å². The summed E-state index contributed by atoms with van der Waals surface area (Å²) < 4.78 is 7.05. The highest BCUT2D eigenvalue weighted by Crippen LogP contribution is 2.26. The van der Waals surface area contributed by atoms with Crippen LogP contribution < -0.4 is 5.32 Å². The summed E-state index contributed by atoms with van der Waals surface area (Å²) in [6.07, 6.45) is 1.01. The summed E-state index contributed by atoms with van der Waals surface area (Å²) >= 11 is 5.31. The first-order chi connectivity index (χ1) is 7.99. The molecule has 0 spiro atoms. The van der Waals surface area contributed by atoms with E-state index < -0.39 is 0 Å². The van der Waals surface area contributed by atoms with Gasteiger partial charge in [0.25, 0.3) is 0 Å². The Kier molecular flexibility index (Phi) is 6.13. The van der Waals surface area contributed by atoms with Crippen LogP contribution in [0.3, 0.4) is 0 Å². The molecule has 0 saturated heterocycles. The normalized spacial score (nSPS) is 13.9. The molecule has 17 heavy (non-hydrogen) atoms. The van der Waals surface area contributed by atoms with Gasteiger partial charge in [-0.3, -0.25) is 0 Å². The van der Waals surface area contributed by atoms with Crippen molar-refractivity contribution in [2.75, 3.05) is 13.2 Å². The fourth-order valence-corrected chi connectivity index (χ4v) is 3.47. The lowest BCUT2D eigenvalue weighted by Gasteiger charge is -2.34. The van der Waals surface area contributed by atoms with Crippen LogP contribution in [0, 0.1) is 0 Å². The van der Waals surface area contributed by atoms with Crippen LogP contribution >= 0.6 is 27.3 Å². The third-order valence-corrected chi connectivity index (χ3v) is 4.49. The van der Waals surface area contributed by atoms with Gasteiger partial charge in [0.15, 0.2) is 0 Å². The third kappa shape index (κ3) is 4.70. The van der Waals surface area contributed by atoms with Crippen molar-refractivity contribution in [3.05, 3.63) is 20.8 Å². The Bertz CT molecular complexity index is 338. The summed E-state index contributed by atoms with van der Waals surface area (Å²) in [7, 11) is 0. The Hall–Kier alpha value is 0.1000. The van der Waals surface area contributed by atoms with E-state index in [0.29, 0.717) is 6.04 Å². The molecule has 1 unspecified atom stereocenters. The van der Waals surface area contributed by atoms with E-state index in [-0.39, 0.29) is 5.60 Å². The molecule has 4 heteroatoms. The Labute approximate surface area is 117 Å². The van der Waals surface area contributed by atoms with E-state index in [2.05, 4.69) is 54.2 Å². The maximum Gasteiger partial charge on any atom is 0.0782 e. The maximum atomic E-state index is 5.85. The SMILES string of the molecule is CCNC(Cc1ccc(Br)s1)C(C)(C)OCC. The van der Waals surface area contributed by atoms with Crippen LogP contribution in [0.4, 0.5) is 0 Å². The zero-order chi connectivity index (χ0) is 12.9. The molecule has 0 radical (unpaired) electrons. The van der Waals surface area contributed by atoms with Gasteiger partial charge in [0, 0.05) is 17.5 Å². The van der Waals surface area contributed by atoms with Crippen LogP contribution in [0.2, 0.25) is 0 Å². The minimum absolute atomic E-state index is 0.138. The van der Waals surface area contributed by atoms with Gasteiger partial charge in [-0.1, -0.05) is 6.92 Å². The molecule has 1 aromatic heterocycles. The van der Waals surface area contributed by atoms with Crippen molar-refractivity contribution in [1.82, 2.24) is 5.32 Å². The standard InChI is InChI=1S/C13H22BrNOS/c1-5-15-11(13(3,4)16-6-2)9-10-7-8-12(14)17-10/h7-8,11,15H,5-6,9H2,1-4H3. The fourth-order valence-electron chi connectivity index (χ4n) is 1.95. The Balaban J connectivity index is 2.71. The second-order valence-electron chi connectivity index (χ2n) is 4.56. The molecule has 1 rings (SSSR count). The molecule has 0 saturated carbocycles. The average molecular weight is 320 g/mol. The van der Waals surface area contributed by atoms with Gasteiger partial charge in [0.05, 0.1) is 9.39 Å². The van der Waals surface area contributed by atoms with Crippen LogP contribution in [-0.2, 0) is 11.2 Å². The number of ether oxygens (including phenoxy) is 1. The summed E-state index contributed by atoms with van der Waals surface area (Å²) in [5.41, 5.74) is -0.138. The summed E-state index contributed by atoms with van der Waals surface area (Å²) in [4.78, 5) is 1.38. The molecule has 1 aromatic rings. The van der Waals surface area contributed by atoms with Crippen molar-refractivity contribution in [2.45, 2.75) is 45.8 Å². The van der Waals surface area contributed by atoms with Crippen molar-refractivity contribution in [2.24, 2.45) is 0 Å². The quantitative estimate of drug-likeness (QED) is 0.824. The van der Waals surface area contributed by atoms with Crippen molar-refractivity contribution in [1.29, 1.82) is 0 Å². The molecule has 0 aromatic carbocycles. The molecule has 1 N–H and O–H groups in total. The first-order valence-corrected chi connectivity index (χ1v) is 7.72. The van der Waals surface area contributed by atoms with Gasteiger partial charge >= 0.3 is 0 Å². The Morgan fingerprint density at radius 2 is 2.12 bits per heavy atom. The minimum Gasteiger partial charge on any atom is -0.374 e. The first kappa shape index (κ1) is 15.2. The highest BCUT2D eigenvalue weighted by atomic mass is 79.9. The number of halogens is 1. The number of hydrogen-bond acceptors (Lipinski definition) is 3. The molecule has 98 valence electrons. The predicted octanol–water partition coefficient (Wildman–Crippen LogP) is 3.85. The largest absolute Gasteiger partial charge is 0.374 e. The predicted molar refractivity (Wildman–Crippen MR) is 78.9 cm³/mol. The summed E-state index contributed by atoms with van der Waals surface area (Å²) in [6.45, 7) is 10.2. The van der Waals surface area contributed by atoms with Gasteiger partial charge in [-0.05, 0) is 61.8 Å². The fraction of sp³-hybridized carbons (Fsp3) is 0.692. The smallest absolute Gasteiger partial charge is 0.0782 e. The monoisotopic (exact) mass is 319 g/mol. The Morgan fingerprint density at radius 3 is 2.59 bits per heavy atom. The second kappa shape index (κ2) is 6.88. The lowest BCUT2D eigenvalue weighted by molar-refractivity contribution is -0.0375.